The van der Waals surface area contributed by atoms with E-state index < -0.39 is 17.7 Å². The third-order valence-electron chi connectivity index (χ3n) is 6.56. The predicted octanol–water partition coefficient (Wildman–Crippen LogP) is 6.81. The van der Waals surface area contributed by atoms with Gasteiger partial charge in [-0.05, 0) is 67.8 Å². The first-order valence-corrected chi connectivity index (χ1v) is 13.9. The standard InChI is InChI=1S/C31H30N2O5S/c1-4-6-16-38-22-13-11-20(12-14-22)27-26(28(34)21-8-7-9-23(18-21)37-5-2)29(35)30(36)33(27)31-32-24-15-10-19(3)17-25(24)39-31/h7-15,17-18,27,34H,4-6,16H2,1-3H3. The number of hydrogen-bond acceptors (Lipinski definition) is 7. The molecule has 39 heavy (non-hydrogen) atoms. The van der Waals surface area contributed by atoms with Gasteiger partial charge in [0.1, 0.15) is 17.3 Å². The van der Waals surface area contributed by atoms with Crippen LogP contribution in [0.25, 0.3) is 16.0 Å². The minimum absolute atomic E-state index is 0.00346. The highest BCUT2D eigenvalue weighted by Crippen LogP contribution is 2.44. The zero-order chi connectivity index (χ0) is 27.5. The molecule has 1 unspecified atom stereocenters. The van der Waals surface area contributed by atoms with Crippen molar-refractivity contribution >= 4 is 44.1 Å². The molecule has 1 aromatic heterocycles. The molecule has 1 aliphatic heterocycles. The van der Waals surface area contributed by atoms with Crippen LogP contribution in [0.3, 0.4) is 0 Å². The van der Waals surface area contributed by atoms with Gasteiger partial charge in [-0.3, -0.25) is 14.5 Å². The maximum absolute atomic E-state index is 13.5. The molecule has 0 saturated carbocycles. The zero-order valence-electron chi connectivity index (χ0n) is 22.1. The number of benzene rings is 3. The maximum atomic E-state index is 13.5. The van der Waals surface area contributed by atoms with Crippen LogP contribution in [0.4, 0.5) is 5.13 Å². The molecule has 5 rings (SSSR count). The van der Waals surface area contributed by atoms with Crippen LogP contribution in [0, 0.1) is 6.92 Å². The van der Waals surface area contributed by atoms with Crippen molar-refractivity contribution in [1.82, 2.24) is 4.98 Å². The highest BCUT2D eigenvalue weighted by atomic mass is 32.1. The molecule has 1 saturated heterocycles. The largest absolute Gasteiger partial charge is 0.507 e. The van der Waals surface area contributed by atoms with Crippen molar-refractivity contribution in [2.75, 3.05) is 18.1 Å². The average Bonchev–Trinajstić information content (AvgIpc) is 3.46. The molecule has 0 aliphatic carbocycles. The number of rotatable bonds is 9. The Morgan fingerprint density at radius 1 is 1.00 bits per heavy atom. The molecule has 7 nitrogen and oxygen atoms in total. The third kappa shape index (κ3) is 5.25. The van der Waals surface area contributed by atoms with Gasteiger partial charge in [0, 0.05) is 5.56 Å². The van der Waals surface area contributed by atoms with Crippen LogP contribution in [-0.4, -0.2) is 35.0 Å². The summed E-state index contributed by atoms with van der Waals surface area (Å²) in [6.07, 6.45) is 1.97. The summed E-state index contributed by atoms with van der Waals surface area (Å²) >= 11 is 1.34. The fourth-order valence-corrected chi connectivity index (χ4v) is 5.69. The topological polar surface area (TPSA) is 89.0 Å². The second-order valence-corrected chi connectivity index (χ2v) is 10.4. The van der Waals surface area contributed by atoms with Crippen molar-refractivity contribution < 1.29 is 24.2 Å². The lowest BCUT2D eigenvalue weighted by Crippen LogP contribution is -2.29. The quantitative estimate of drug-likeness (QED) is 0.108. The Labute approximate surface area is 231 Å². The number of unbranched alkanes of at least 4 members (excludes halogenated alkanes) is 1. The van der Waals surface area contributed by atoms with Gasteiger partial charge in [-0.2, -0.15) is 0 Å². The van der Waals surface area contributed by atoms with Gasteiger partial charge in [-0.25, -0.2) is 4.98 Å². The average molecular weight is 543 g/mol. The van der Waals surface area contributed by atoms with Crippen LogP contribution >= 0.6 is 11.3 Å². The van der Waals surface area contributed by atoms with Crippen molar-refractivity contribution in [3.8, 4) is 11.5 Å². The summed E-state index contributed by atoms with van der Waals surface area (Å²) in [5.41, 5.74) is 2.87. The van der Waals surface area contributed by atoms with Crippen LogP contribution in [0.5, 0.6) is 11.5 Å². The first-order chi connectivity index (χ1) is 18.9. The van der Waals surface area contributed by atoms with E-state index in [0.29, 0.717) is 41.0 Å². The van der Waals surface area contributed by atoms with E-state index in [2.05, 4.69) is 6.92 Å². The van der Waals surface area contributed by atoms with Gasteiger partial charge >= 0.3 is 5.91 Å². The molecule has 200 valence electrons. The number of carbonyl (C=O) groups excluding carboxylic acids is 2. The molecule has 0 radical (unpaired) electrons. The number of aryl methyl sites for hydroxylation is 1. The Hall–Kier alpha value is -4.17. The van der Waals surface area contributed by atoms with Gasteiger partial charge in [-0.1, -0.05) is 55.0 Å². The van der Waals surface area contributed by atoms with Crippen molar-refractivity contribution in [1.29, 1.82) is 0 Å². The number of Topliss-reactive ketones (excluding diaryl/α,β-unsaturated/α-hetero) is 1. The fraction of sp³-hybridized carbons (Fsp3) is 0.258. The Kier molecular flexibility index (Phi) is 7.65. The van der Waals surface area contributed by atoms with E-state index in [1.54, 1.807) is 24.3 Å². The number of thiazole rings is 1. The minimum Gasteiger partial charge on any atom is -0.507 e. The van der Waals surface area contributed by atoms with Gasteiger partial charge in [-0.15, -0.1) is 0 Å². The van der Waals surface area contributed by atoms with Crippen LogP contribution in [-0.2, 0) is 9.59 Å². The molecule has 1 aliphatic rings. The number of fused-ring (bicyclic) bond motifs is 1. The summed E-state index contributed by atoms with van der Waals surface area (Å²) in [4.78, 5) is 33.1. The van der Waals surface area contributed by atoms with Gasteiger partial charge in [0.2, 0.25) is 0 Å². The number of ether oxygens (including phenoxy) is 2. The van der Waals surface area contributed by atoms with Crippen LogP contribution in [0.15, 0.2) is 72.3 Å². The molecule has 1 N–H and O–H groups in total. The van der Waals surface area contributed by atoms with E-state index in [9.17, 15) is 14.7 Å². The zero-order valence-corrected chi connectivity index (χ0v) is 23.0. The molecule has 3 aromatic carbocycles. The molecule has 1 amide bonds. The fourth-order valence-electron chi connectivity index (χ4n) is 4.60. The summed E-state index contributed by atoms with van der Waals surface area (Å²) in [5.74, 6) is -0.506. The van der Waals surface area contributed by atoms with E-state index in [1.165, 1.54) is 16.2 Å². The predicted molar refractivity (Wildman–Crippen MR) is 154 cm³/mol. The summed E-state index contributed by atoms with van der Waals surface area (Å²) in [5, 5.41) is 11.9. The first-order valence-electron chi connectivity index (χ1n) is 13.1. The highest BCUT2D eigenvalue weighted by Gasteiger charge is 2.48. The summed E-state index contributed by atoms with van der Waals surface area (Å²) in [7, 11) is 0. The van der Waals surface area contributed by atoms with Crippen molar-refractivity contribution in [2.24, 2.45) is 0 Å². The van der Waals surface area contributed by atoms with E-state index in [-0.39, 0.29) is 11.3 Å². The molecular formula is C31H30N2O5S. The second-order valence-electron chi connectivity index (χ2n) is 9.37. The molecule has 4 aromatic rings. The Bertz CT molecular complexity index is 1560. The smallest absolute Gasteiger partial charge is 0.301 e. The van der Waals surface area contributed by atoms with Crippen molar-refractivity contribution in [3.63, 3.8) is 0 Å². The van der Waals surface area contributed by atoms with E-state index in [4.69, 9.17) is 14.5 Å². The lowest BCUT2D eigenvalue weighted by atomic mass is 9.95. The highest BCUT2D eigenvalue weighted by molar-refractivity contribution is 7.22. The molecular weight excluding hydrogens is 512 g/mol. The number of carbonyl (C=O) groups is 2. The molecule has 1 atom stereocenters. The Morgan fingerprint density at radius 2 is 1.79 bits per heavy atom. The number of aliphatic hydroxyl groups excluding tert-OH is 1. The SMILES string of the molecule is CCCCOc1ccc(C2C(=C(O)c3cccc(OCC)c3)C(=O)C(=O)N2c2nc3ccc(C)cc3s2)cc1. The number of aliphatic hydroxyl groups is 1. The number of hydrogen-bond donors (Lipinski definition) is 1. The van der Waals surface area contributed by atoms with Crippen molar-refractivity contribution in [2.45, 2.75) is 39.7 Å². The van der Waals surface area contributed by atoms with Crippen LogP contribution < -0.4 is 14.4 Å². The van der Waals surface area contributed by atoms with E-state index in [1.807, 2.05) is 56.3 Å². The number of anilines is 1. The van der Waals surface area contributed by atoms with Crippen LogP contribution in [0.2, 0.25) is 0 Å². The monoisotopic (exact) mass is 542 g/mol. The molecule has 8 heteroatoms. The number of nitrogens with zero attached hydrogens (tertiary/aromatic N) is 2. The molecule has 2 heterocycles. The molecule has 0 spiro atoms. The minimum atomic E-state index is -0.868. The van der Waals surface area contributed by atoms with Gasteiger partial charge in [0.25, 0.3) is 5.78 Å². The van der Waals surface area contributed by atoms with Crippen molar-refractivity contribution in [3.05, 3.63) is 89.0 Å². The maximum Gasteiger partial charge on any atom is 0.301 e. The number of ketones is 1. The molecule has 1 fully saturated rings. The van der Waals surface area contributed by atoms with Gasteiger partial charge < -0.3 is 14.6 Å². The lowest BCUT2D eigenvalue weighted by Gasteiger charge is -2.23. The number of amides is 1. The van der Waals surface area contributed by atoms with E-state index in [0.717, 1.165) is 28.6 Å². The normalized spacial score (nSPS) is 16.7. The van der Waals surface area contributed by atoms with Gasteiger partial charge in [0.05, 0.1) is 35.0 Å². The number of aromatic nitrogens is 1. The van der Waals surface area contributed by atoms with Gasteiger partial charge in [0.15, 0.2) is 5.13 Å². The van der Waals surface area contributed by atoms with E-state index >= 15 is 0 Å². The Balaban J connectivity index is 1.64. The second kappa shape index (κ2) is 11.3. The molecule has 0 bridgehead atoms. The first kappa shape index (κ1) is 26.4. The lowest BCUT2D eigenvalue weighted by molar-refractivity contribution is -0.132. The van der Waals surface area contributed by atoms with Crippen LogP contribution in [0.1, 0.15) is 49.4 Å². The summed E-state index contributed by atoms with van der Waals surface area (Å²) < 4.78 is 12.3. The third-order valence-corrected chi connectivity index (χ3v) is 7.58. The Morgan fingerprint density at radius 3 is 2.54 bits per heavy atom. The summed E-state index contributed by atoms with van der Waals surface area (Å²) in [6, 6.07) is 19.2. The summed E-state index contributed by atoms with van der Waals surface area (Å²) in [6.45, 7) is 7.02.